The van der Waals surface area contributed by atoms with Gasteiger partial charge in [-0.3, -0.25) is 14.6 Å². The van der Waals surface area contributed by atoms with E-state index in [1.54, 1.807) is 6.20 Å². The van der Waals surface area contributed by atoms with E-state index in [9.17, 15) is 9.59 Å². The maximum Gasteiger partial charge on any atom is 0.273 e. The summed E-state index contributed by atoms with van der Waals surface area (Å²) in [5.41, 5.74) is 0.432. The number of amides is 2. The molecule has 1 atom stereocenters. The highest BCUT2D eigenvalue weighted by atomic mass is 16.5. The van der Waals surface area contributed by atoms with Gasteiger partial charge in [-0.1, -0.05) is 43.5 Å². The van der Waals surface area contributed by atoms with Gasteiger partial charge in [0.1, 0.15) is 5.69 Å². The van der Waals surface area contributed by atoms with Crippen molar-refractivity contribution >= 4 is 22.6 Å². The third-order valence-electron chi connectivity index (χ3n) is 8.34. The normalized spacial score (nSPS) is 25.5. The molecule has 2 saturated heterocycles. The number of rotatable bonds is 5. The highest BCUT2D eigenvalue weighted by Crippen LogP contribution is 2.48. The molecule has 6 nitrogen and oxygen atoms in total. The number of nitrogens with zero attached hydrogens (tertiary/aromatic N) is 3. The van der Waals surface area contributed by atoms with Gasteiger partial charge in [-0.25, -0.2) is 0 Å². The number of piperidine rings is 1. The third-order valence-corrected chi connectivity index (χ3v) is 8.34. The highest BCUT2D eigenvalue weighted by molar-refractivity contribution is 6.05. The Bertz CT molecular complexity index is 1050. The van der Waals surface area contributed by atoms with Gasteiger partial charge < -0.3 is 14.5 Å². The summed E-state index contributed by atoms with van der Waals surface area (Å²) in [5, 5.41) is 1.94. The lowest BCUT2D eigenvalue weighted by atomic mass is 9.68. The topological polar surface area (TPSA) is 62.7 Å². The molecule has 3 heterocycles. The van der Waals surface area contributed by atoms with Crippen LogP contribution >= 0.6 is 0 Å². The van der Waals surface area contributed by atoms with Gasteiger partial charge in [0.25, 0.3) is 11.8 Å². The minimum atomic E-state index is -0.238. The first kappa shape index (κ1) is 21.1. The zero-order valence-electron chi connectivity index (χ0n) is 19.2. The largest absolute Gasteiger partial charge is 0.366 e. The maximum atomic E-state index is 13.3. The van der Waals surface area contributed by atoms with E-state index in [0.717, 1.165) is 43.1 Å². The molecule has 1 aromatic carbocycles. The van der Waals surface area contributed by atoms with Gasteiger partial charge in [0.2, 0.25) is 0 Å². The monoisotopic (exact) mass is 447 g/mol. The van der Waals surface area contributed by atoms with E-state index in [1.807, 2.05) is 35.2 Å². The molecule has 4 fully saturated rings. The van der Waals surface area contributed by atoms with Crippen LogP contribution in [0, 0.1) is 5.92 Å². The molecule has 174 valence electrons. The first-order chi connectivity index (χ1) is 16.2. The molecule has 2 aliphatic heterocycles. The lowest BCUT2D eigenvalue weighted by Gasteiger charge is -2.62. The van der Waals surface area contributed by atoms with Crippen LogP contribution in [-0.4, -0.2) is 64.0 Å². The second kappa shape index (κ2) is 8.39. The first-order valence-electron chi connectivity index (χ1n) is 12.8. The molecule has 1 unspecified atom stereocenters. The second-order valence-electron chi connectivity index (χ2n) is 10.4. The van der Waals surface area contributed by atoms with Gasteiger partial charge in [-0.2, -0.15) is 0 Å². The van der Waals surface area contributed by atoms with E-state index < -0.39 is 0 Å². The molecule has 1 aromatic heterocycles. The number of aromatic nitrogens is 1. The lowest BCUT2D eigenvalue weighted by molar-refractivity contribution is -0.211. The number of hydrogen-bond donors (Lipinski definition) is 0. The van der Waals surface area contributed by atoms with Crippen LogP contribution in [0.25, 0.3) is 10.8 Å². The molecule has 2 amide bonds. The summed E-state index contributed by atoms with van der Waals surface area (Å²) in [5.74, 6) is 0.862. The van der Waals surface area contributed by atoms with Crippen LogP contribution in [0.5, 0.6) is 0 Å². The van der Waals surface area contributed by atoms with Crippen LogP contribution in [0.3, 0.4) is 0 Å². The predicted molar refractivity (Wildman–Crippen MR) is 126 cm³/mol. The number of carbonyl (C=O) groups excluding carboxylic acids is 2. The second-order valence-corrected chi connectivity index (χ2v) is 10.4. The number of carbonyl (C=O) groups is 2. The van der Waals surface area contributed by atoms with Crippen LogP contribution in [0.15, 0.2) is 36.5 Å². The summed E-state index contributed by atoms with van der Waals surface area (Å²) in [6.07, 6.45) is 11.4. The molecule has 6 heteroatoms. The maximum absolute atomic E-state index is 13.3. The molecular weight excluding hydrogens is 414 g/mol. The Hall–Kier alpha value is -2.47. The minimum absolute atomic E-state index is 0.00166. The molecule has 33 heavy (non-hydrogen) atoms. The fourth-order valence-electron chi connectivity index (χ4n) is 6.36. The van der Waals surface area contributed by atoms with Crippen molar-refractivity contribution in [2.24, 2.45) is 5.92 Å². The van der Waals surface area contributed by atoms with Gasteiger partial charge in [0.15, 0.2) is 6.10 Å². The summed E-state index contributed by atoms with van der Waals surface area (Å²) in [6, 6.07) is 10.1. The number of ether oxygens (including phenoxy) is 1. The first-order valence-corrected chi connectivity index (χ1v) is 12.8. The van der Waals surface area contributed by atoms with Crippen LogP contribution in [-0.2, 0) is 9.53 Å². The van der Waals surface area contributed by atoms with Gasteiger partial charge in [-0.05, 0) is 55.9 Å². The molecule has 0 radical (unpaired) electrons. The van der Waals surface area contributed by atoms with E-state index in [1.165, 1.54) is 32.1 Å². The number of β-lactam (4-membered cyclic amide) rings is 1. The molecule has 0 N–H and O–H groups in total. The van der Waals surface area contributed by atoms with Crippen LogP contribution < -0.4 is 0 Å². The Labute approximate surface area is 195 Å². The zero-order valence-corrected chi connectivity index (χ0v) is 19.2. The number of benzene rings is 1. The molecule has 2 saturated carbocycles. The summed E-state index contributed by atoms with van der Waals surface area (Å²) in [6.45, 7) is 2.08. The van der Waals surface area contributed by atoms with Crippen molar-refractivity contribution in [3.8, 4) is 0 Å². The van der Waals surface area contributed by atoms with Gasteiger partial charge >= 0.3 is 0 Å². The van der Waals surface area contributed by atoms with Crippen molar-refractivity contribution < 1.29 is 14.3 Å². The van der Waals surface area contributed by atoms with Crippen molar-refractivity contribution in [2.45, 2.75) is 75.5 Å². The van der Waals surface area contributed by atoms with Crippen molar-refractivity contribution in [2.75, 3.05) is 19.7 Å². The Balaban J connectivity index is 1.15. The number of hydrogen-bond acceptors (Lipinski definition) is 4. The minimum Gasteiger partial charge on any atom is -0.366 e. The molecule has 2 aromatic rings. The summed E-state index contributed by atoms with van der Waals surface area (Å²) >= 11 is 0. The smallest absolute Gasteiger partial charge is 0.273 e. The van der Waals surface area contributed by atoms with E-state index >= 15 is 0 Å². The fraction of sp³-hybridized carbons (Fsp3) is 0.593. The van der Waals surface area contributed by atoms with E-state index in [4.69, 9.17) is 4.74 Å². The van der Waals surface area contributed by atoms with Crippen molar-refractivity contribution in [1.29, 1.82) is 0 Å². The van der Waals surface area contributed by atoms with E-state index in [2.05, 4.69) is 9.88 Å². The fourth-order valence-corrected chi connectivity index (χ4v) is 6.36. The van der Waals surface area contributed by atoms with Gasteiger partial charge in [0.05, 0.1) is 12.1 Å². The average molecular weight is 448 g/mol. The van der Waals surface area contributed by atoms with Gasteiger partial charge in [0, 0.05) is 30.7 Å². The summed E-state index contributed by atoms with van der Waals surface area (Å²) in [7, 11) is 0. The summed E-state index contributed by atoms with van der Waals surface area (Å²) < 4.78 is 6.22. The molecule has 2 aliphatic carbocycles. The standard InChI is InChI=1S/C27H33N3O3/c31-25(23-22-7-3-2-6-20(22)10-15-28-23)29-16-11-21(12-17-29)30-26(32)24(33-18-19-8-9-19)27(30)13-4-1-5-14-27/h2-3,6-7,10,15,19,21,24H,1,4-5,8-9,11-14,16-18H2. The molecular formula is C27H33N3O3. The SMILES string of the molecule is O=C(c1nccc2ccccc12)N1CCC(N2C(=O)C(OCC3CC3)C23CCCCC3)CC1. The van der Waals surface area contributed by atoms with Crippen LogP contribution in [0.2, 0.25) is 0 Å². The van der Waals surface area contributed by atoms with Crippen molar-refractivity contribution in [3.05, 3.63) is 42.2 Å². The average Bonchev–Trinajstić information content (AvgIpc) is 3.69. The summed E-state index contributed by atoms with van der Waals surface area (Å²) in [4.78, 5) is 35.1. The number of pyridine rings is 1. The quantitative estimate of drug-likeness (QED) is 0.645. The number of fused-ring (bicyclic) bond motifs is 1. The highest BCUT2D eigenvalue weighted by Gasteiger charge is 2.62. The van der Waals surface area contributed by atoms with Gasteiger partial charge in [-0.15, -0.1) is 0 Å². The van der Waals surface area contributed by atoms with Crippen molar-refractivity contribution in [1.82, 2.24) is 14.8 Å². The molecule has 6 rings (SSSR count). The Kier molecular flexibility index (Phi) is 5.36. The lowest BCUT2D eigenvalue weighted by Crippen LogP contribution is -2.78. The Morgan fingerprint density at radius 1 is 1.03 bits per heavy atom. The molecule has 4 aliphatic rings. The molecule has 0 bridgehead atoms. The predicted octanol–water partition coefficient (Wildman–Crippen LogP) is 4.18. The zero-order chi connectivity index (χ0) is 22.4. The Morgan fingerprint density at radius 3 is 2.55 bits per heavy atom. The van der Waals surface area contributed by atoms with E-state index in [0.29, 0.717) is 24.7 Å². The van der Waals surface area contributed by atoms with E-state index in [-0.39, 0.29) is 29.5 Å². The number of likely N-dealkylation sites (tertiary alicyclic amines) is 2. The van der Waals surface area contributed by atoms with Crippen molar-refractivity contribution in [3.63, 3.8) is 0 Å². The van der Waals surface area contributed by atoms with Crippen LogP contribution in [0.1, 0.15) is 68.3 Å². The molecule has 1 spiro atoms. The Morgan fingerprint density at radius 2 is 1.79 bits per heavy atom. The third kappa shape index (κ3) is 3.63. The van der Waals surface area contributed by atoms with Crippen LogP contribution in [0.4, 0.5) is 0 Å².